The predicted octanol–water partition coefficient (Wildman–Crippen LogP) is 2.47. The first-order valence-electron chi connectivity index (χ1n) is 8.77. The summed E-state index contributed by atoms with van der Waals surface area (Å²) >= 11 is 0. The van der Waals surface area contributed by atoms with Gasteiger partial charge in [0, 0.05) is 24.6 Å². The van der Waals surface area contributed by atoms with Gasteiger partial charge in [0.05, 0.1) is 5.56 Å². The van der Waals surface area contributed by atoms with Crippen LogP contribution in [0.1, 0.15) is 36.7 Å². The Balaban J connectivity index is 1.83. The second-order valence-electron chi connectivity index (χ2n) is 7.03. The van der Waals surface area contributed by atoms with Crippen molar-refractivity contribution in [1.82, 2.24) is 15.6 Å². The van der Waals surface area contributed by atoms with E-state index in [-0.39, 0.29) is 18.4 Å². The fourth-order valence-corrected chi connectivity index (χ4v) is 2.21. The fourth-order valence-electron chi connectivity index (χ4n) is 2.21. The van der Waals surface area contributed by atoms with Crippen molar-refractivity contribution in [1.29, 1.82) is 0 Å². The summed E-state index contributed by atoms with van der Waals surface area (Å²) in [5.74, 6) is -0.619. The van der Waals surface area contributed by atoms with E-state index in [1.165, 1.54) is 6.20 Å². The third-order valence-corrected chi connectivity index (χ3v) is 3.38. The van der Waals surface area contributed by atoms with Crippen LogP contribution in [0.15, 0.2) is 48.8 Å². The fraction of sp³-hybridized carbons (Fsp3) is 0.300. The minimum atomic E-state index is -0.658. The first kappa shape index (κ1) is 20.9. The number of pyridine rings is 1. The number of hydrogen-bond donors (Lipinski definition) is 3. The van der Waals surface area contributed by atoms with Gasteiger partial charge in [-0.25, -0.2) is 4.79 Å². The summed E-state index contributed by atoms with van der Waals surface area (Å²) in [6.07, 6.45) is 2.43. The van der Waals surface area contributed by atoms with Crippen molar-refractivity contribution >= 4 is 23.6 Å². The van der Waals surface area contributed by atoms with Gasteiger partial charge in [-0.3, -0.25) is 14.6 Å². The number of amides is 3. The average Bonchev–Trinajstić information content (AvgIpc) is 2.64. The van der Waals surface area contributed by atoms with Crippen LogP contribution in [0.25, 0.3) is 0 Å². The Hall–Kier alpha value is -3.42. The number of carbonyl (C=O) groups is 3. The molecule has 2 rings (SSSR count). The van der Waals surface area contributed by atoms with E-state index in [2.05, 4.69) is 20.9 Å². The Morgan fingerprint density at radius 1 is 1.07 bits per heavy atom. The lowest BCUT2D eigenvalue weighted by molar-refractivity contribution is -0.115. The number of alkyl carbamates (subject to hydrolysis) is 1. The normalized spacial score (nSPS) is 10.7. The van der Waals surface area contributed by atoms with E-state index in [1.54, 1.807) is 57.3 Å². The number of rotatable bonds is 6. The lowest BCUT2D eigenvalue weighted by atomic mass is 10.2. The van der Waals surface area contributed by atoms with E-state index < -0.39 is 11.7 Å². The molecule has 1 aromatic heterocycles. The maximum atomic E-state index is 12.1. The molecule has 148 valence electrons. The van der Waals surface area contributed by atoms with Crippen molar-refractivity contribution in [3.63, 3.8) is 0 Å². The van der Waals surface area contributed by atoms with Crippen molar-refractivity contribution in [3.05, 3.63) is 59.9 Å². The number of aromatic nitrogens is 1. The standard InChI is InChI=1S/C20H24N4O4/c1-20(2,3)28-19(27)23-13-17(25)24-16-8-4-6-14(10-16)11-22-18(26)15-7-5-9-21-12-15/h4-10,12H,11,13H2,1-3H3,(H,22,26)(H,23,27)(H,24,25). The van der Waals surface area contributed by atoms with Gasteiger partial charge in [0.2, 0.25) is 5.91 Å². The molecule has 0 aliphatic heterocycles. The zero-order valence-electron chi connectivity index (χ0n) is 16.1. The van der Waals surface area contributed by atoms with Crippen molar-refractivity contribution in [3.8, 4) is 0 Å². The molecular weight excluding hydrogens is 360 g/mol. The zero-order chi connectivity index (χ0) is 20.6. The number of benzene rings is 1. The van der Waals surface area contributed by atoms with Gasteiger partial charge in [-0.05, 0) is 50.6 Å². The third kappa shape index (κ3) is 7.45. The highest BCUT2D eigenvalue weighted by Gasteiger charge is 2.16. The van der Waals surface area contributed by atoms with Gasteiger partial charge >= 0.3 is 6.09 Å². The molecule has 0 atom stereocenters. The van der Waals surface area contributed by atoms with Gasteiger partial charge in [0.25, 0.3) is 5.91 Å². The topological polar surface area (TPSA) is 109 Å². The average molecular weight is 384 g/mol. The van der Waals surface area contributed by atoms with E-state index in [9.17, 15) is 14.4 Å². The van der Waals surface area contributed by atoms with Crippen LogP contribution in [0.3, 0.4) is 0 Å². The molecule has 2 aromatic rings. The number of ether oxygens (including phenoxy) is 1. The third-order valence-electron chi connectivity index (χ3n) is 3.38. The van der Waals surface area contributed by atoms with Gasteiger partial charge in [-0.15, -0.1) is 0 Å². The molecule has 28 heavy (non-hydrogen) atoms. The van der Waals surface area contributed by atoms with Gasteiger partial charge in [0.15, 0.2) is 0 Å². The first-order valence-corrected chi connectivity index (χ1v) is 8.77. The van der Waals surface area contributed by atoms with E-state index in [0.29, 0.717) is 17.8 Å². The Bertz CT molecular complexity index is 832. The zero-order valence-corrected chi connectivity index (χ0v) is 16.1. The molecule has 0 saturated heterocycles. The van der Waals surface area contributed by atoms with Crippen molar-refractivity contribution < 1.29 is 19.1 Å². The van der Waals surface area contributed by atoms with Gasteiger partial charge in [0.1, 0.15) is 12.1 Å². The molecule has 0 saturated carbocycles. The highest BCUT2D eigenvalue weighted by atomic mass is 16.6. The first-order chi connectivity index (χ1) is 13.2. The molecule has 8 nitrogen and oxygen atoms in total. The maximum absolute atomic E-state index is 12.1. The van der Waals surface area contributed by atoms with Crippen molar-refractivity contribution in [2.45, 2.75) is 32.9 Å². The lowest BCUT2D eigenvalue weighted by Gasteiger charge is -2.19. The minimum Gasteiger partial charge on any atom is -0.444 e. The van der Waals surface area contributed by atoms with Crippen molar-refractivity contribution in [2.75, 3.05) is 11.9 Å². The van der Waals surface area contributed by atoms with E-state index >= 15 is 0 Å². The molecule has 8 heteroatoms. The van der Waals surface area contributed by atoms with Crippen LogP contribution in [0.2, 0.25) is 0 Å². The van der Waals surface area contributed by atoms with Crippen LogP contribution in [0.5, 0.6) is 0 Å². The molecule has 3 N–H and O–H groups in total. The number of nitrogens with one attached hydrogen (secondary N) is 3. The molecule has 1 heterocycles. The maximum Gasteiger partial charge on any atom is 0.408 e. The second-order valence-corrected chi connectivity index (χ2v) is 7.03. The summed E-state index contributed by atoms with van der Waals surface area (Å²) in [5, 5.41) is 7.88. The van der Waals surface area contributed by atoms with Gasteiger partial charge in [-0.2, -0.15) is 0 Å². The quantitative estimate of drug-likeness (QED) is 0.709. The van der Waals surface area contributed by atoms with Crippen LogP contribution >= 0.6 is 0 Å². The van der Waals surface area contributed by atoms with Crippen molar-refractivity contribution in [2.24, 2.45) is 0 Å². The van der Waals surface area contributed by atoms with Crippen LogP contribution in [-0.4, -0.2) is 35.0 Å². The van der Waals surface area contributed by atoms with Crippen LogP contribution in [0, 0.1) is 0 Å². The molecule has 1 aromatic carbocycles. The molecular formula is C20H24N4O4. The highest BCUT2D eigenvalue weighted by Crippen LogP contribution is 2.11. The SMILES string of the molecule is CC(C)(C)OC(=O)NCC(=O)Nc1cccc(CNC(=O)c2cccnc2)c1. The summed E-state index contributed by atoms with van der Waals surface area (Å²) < 4.78 is 5.07. The second kappa shape index (κ2) is 9.50. The molecule has 0 radical (unpaired) electrons. The molecule has 0 unspecified atom stereocenters. The molecule has 0 bridgehead atoms. The summed E-state index contributed by atoms with van der Waals surface area (Å²) in [6, 6.07) is 10.4. The summed E-state index contributed by atoms with van der Waals surface area (Å²) in [6.45, 7) is 5.31. The minimum absolute atomic E-state index is 0.211. The summed E-state index contributed by atoms with van der Waals surface area (Å²) in [7, 11) is 0. The Morgan fingerprint density at radius 3 is 2.54 bits per heavy atom. The molecule has 0 fully saturated rings. The number of hydrogen-bond acceptors (Lipinski definition) is 5. The van der Waals surface area contributed by atoms with Crippen LogP contribution in [0.4, 0.5) is 10.5 Å². The number of carbonyl (C=O) groups excluding carboxylic acids is 3. The summed E-state index contributed by atoms with van der Waals surface area (Å²) in [5.41, 5.74) is 1.22. The lowest BCUT2D eigenvalue weighted by Crippen LogP contribution is -2.37. The number of anilines is 1. The Morgan fingerprint density at radius 2 is 1.86 bits per heavy atom. The largest absolute Gasteiger partial charge is 0.444 e. The van der Waals surface area contributed by atoms with E-state index in [1.807, 2.05) is 6.07 Å². The Kier molecular flexibility index (Phi) is 7.08. The Labute approximate surface area is 163 Å². The monoisotopic (exact) mass is 384 g/mol. The van der Waals surface area contributed by atoms with E-state index in [0.717, 1.165) is 5.56 Å². The highest BCUT2D eigenvalue weighted by molar-refractivity contribution is 5.94. The van der Waals surface area contributed by atoms with Crippen LogP contribution < -0.4 is 16.0 Å². The molecule has 0 spiro atoms. The molecule has 3 amide bonds. The van der Waals surface area contributed by atoms with Gasteiger partial charge < -0.3 is 20.7 Å². The van der Waals surface area contributed by atoms with Gasteiger partial charge in [-0.1, -0.05) is 12.1 Å². The van der Waals surface area contributed by atoms with E-state index in [4.69, 9.17) is 4.74 Å². The smallest absolute Gasteiger partial charge is 0.408 e. The number of nitrogens with zero attached hydrogens (tertiary/aromatic N) is 1. The molecule has 0 aliphatic rings. The summed E-state index contributed by atoms with van der Waals surface area (Å²) in [4.78, 5) is 39.5. The molecule has 0 aliphatic carbocycles. The van der Waals surface area contributed by atoms with Crippen LogP contribution in [-0.2, 0) is 16.1 Å². The predicted molar refractivity (Wildman–Crippen MR) is 105 cm³/mol.